The first kappa shape index (κ1) is 14.7. The molecular weight excluding hydrogens is 256 g/mol. The standard InChI is InChI=1S/C16H22O4/c1-3-5-8-18-16(17)10-12(4-2)13-6-7-14-15(9-13)20-11-19-14/h6-7,9,12H,3-5,8,10-11H2,1-2H3. The van der Waals surface area contributed by atoms with Crippen LogP contribution in [0.25, 0.3) is 0 Å². The van der Waals surface area contributed by atoms with E-state index in [-0.39, 0.29) is 18.7 Å². The Balaban J connectivity index is 1.95. The van der Waals surface area contributed by atoms with Gasteiger partial charge in [0.25, 0.3) is 0 Å². The summed E-state index contributed by atoms with van der Waals surface area (Å²) in [4.78, 5) is 11.8. The molecule has 110 valence electrons. The maximum absolute atomic E-state index is 11.8. The van der Waals surface area contributed by atoms with Crippen molar-refractivity contribution < 1.29 is 19.0 Å². The average molecular weight is 278 g/mol. The summed E-state index contributed by atoms with van der Waals surface area (Å²) in [5.41, 5.74) is 1.10. The van der Waals surface area contributed by atoms with Crippen LogP contribution in [-0.2, 0) is 9.53 Å². The number of hydrogen-bond acceptors (Lipinski definition) is 4. The third-order valence-corrected chi connectivity index (χ3v) is 3.53. The number of fused-ring (bicyclic) bond motifs is 1. The van der Waals surface area contributed by atoms with Gasteiger partial charge in [-0.25, -0.2) is 0 Å². The van der Waals surface area contributed by atoms with Crippen LogP contribution in [0.5, 0.6) is 11.5 Å². The van der Waals surface area contributed by atoms with Crippen molar-refractivity contribution in [3.8, 4) is 11.5 Å². The molecule has 0 spiro atoms. The second-order valence-corrected chi connectivity index (χ2v) is 5.00. The van der Waals surface area contributed by atoms with Gasteiger partial charge in [-0.3, -0.25) is 4.79 Å². The molecule has 0 N–H and O–H groups in total. The molecule has 0 aliphatic carbocycles. The minimum atomic E-state index is -0.122. The van der Waals surface area contributed by atoms with Gasteiger partial charge in [0.15, 0.2) is 11.5 Å². The van der Waals surface area contributed by atoms with Gasteiger partial charge in [-0.2, -0.15) is 0 Å². The van der Waals surface area contributed by atoms with Crippen LogP contribution in [0.4, 0.5) is 0 Å². The van der Waals surface area contributed by atoms with E-state index in [0.717, 1.165) is 36.3 Å². The van der Waals surface area contributed by atoms with Gasteiger partial charge in [-0.15, -0.1) is 0 Å². The average Bonchev–Trinajstić information content (AvgIpc) is 2.92. The smallest absolute Gasteiger partial charge is 0.306 e. The van der Waals surface area contributed by atoms with Crippen molar-refractivity contribution >= 4 is 5.97 Å². The van der Waals surface area contributed by atoms with Crippen molar-refractivity contribution in [1.82, 2.24) is 0 Å². The summed E-state index contributed by atoms with van der Waals surface area (Å²) >= 11 is 0. The van der Waals surface area contributed by atoms with E-state index in [1.807, 2.05) is 18.2 Å². The summed E-state index contributed by atoms with van der Waals surface area (Å²) in [6, 6.07) is 5.87. The number of rotatable bonds is 7. The summed E-state index contributed by atoms with van der Waals surface area (Å²) in [5.74, 6) is 1.58. The van der Waals surface area contributed by atoms with E-state index in [9.17, 15) is 4.79 Å². The van der Waals surface area contributed by atoms with Gasteiger partial charge in [-0.1, -0.05) is 26.3 Å². The lowest BCUT2D eigenvalue weighted by atomic mass is 9.93. The van der Waals surface area contributed by atoms with Gasteiger partial charge >= 0.3 is 5.97 Å². The number of benzene rings is 1. The first-order valence-electron chi connectivity index (χ1n) is 7.29. The van der Waals surface area contributed by atoms with E-state index < -0.39 is 0 Å². The van der Waals surface area contributed by atoms with E-state index in [1.54, 1.807) is 0 Å². The maximum atomic E-state index is 11.8. The highest BCUT2D eigenvalue weighted by molar-refractivity contribution is 5.70. The van der Waals surface area contributed by atoms with Crippen molar-refractivity contribution in [2.45, 2.75) is 45.4 Å². The van der Waals surface area contributed by atoms with Crippen LogP contribution in [0.15, 0.2) is 18.2 Å². The molecule has 0 saturated heterocycles. The molecule has 0 radical (unpaired) electrons. The van der Waals surface area contributed by atoms with Crippen LogP contribution in [0.3, 0.4) is 0 Å². The van der Waals surface area contributed by atoms with Crippen molar-refractivity contribution in [1.29, 1.82) is 0 Å². The Labute approximate surface area is 120 Å². The van der Waals surface area contributed by atoms with Crippen LogP contribution in [0.1, 0.15) is 51.0 Å². The van der Waals surface area contributed by atoms with Gasteiger partial charge in [0.1, 0.15) is 0 Å². The highest BCUT2D eigenvalue weighted by Crippen LogP contribution is 2.36. The molecular formula is C16H22O4. The number of hydrogen-bond donors (Lipinski definition) is 0. The zero-order valence-electron chi connectivity index (χ0n) is 12.2. The van der Waals surface area contributed by atoms with Crippen molar-refractivity contribution in [3.05, 3.63) is 23.8 Å². The zero-order chi connectivity index (χ0) is 14.4. The molecule has 0 fully saturated rings. The number of carbonyl (C=O) groups excluding carboxylic acids is 1. The minimum absolute atomic E-state index is 0.122. The van der Waals surface area contributed by atoms with Crippen LogP contribution < -0.4 is 9.47 Å². The van der Waals surface area contributed by atoms with Crippen molar-refractivity contribution in [2.24, 2.45) is 0 Å². The van der Waals surface area contributed by atoms with Gasteiger partial charge < -0.3 is 14.2 Å². The molecule has 4 heteroatoms. The SMILES string of the molecule is CCCCOC(=O)CC(CC)c1ccc2c(c1)OCO2. The molecule has 0 saturated carbocycles. The molecule has 1 aliphatic heterocycles. The van der Waals surface area contributed by atoms with Crippen molar-refractivity contribution in [3.63, 3.8) is 0 Å². The Kier molecular flexibility index (Phi) is 5.27. The first-order valence-corrected chi connectivity index (χ1v) is 7.29. The lowest BCUT2D eigenvalue weighted by molar-refractivity contribution is -0.144. The lowest BCUT2D eigenvalue weighted by Crippen LogP contribution is -2.11. The lowest BCUT2D eigenvalue weighted by Gasteiger charge is -2.15. The fraction of sp³-hybridized carbons (Fsp3) is 0.562. The molecule has 1 aromatic rings. The van der Waals surface area contributed by atoms with E-state index >= 15 is 0 Å². The third kappa shape index (κ3) is 3.65. The van der Waals surface area contributed by atoms with Crippen LogP contribution in [0.2, 0.25) is 0 Å². The number of esters is 1. The van der Waals surface area contributed by atoms with Crippen LogP contribution in [0, 0.1) is 0 Å². The highest BCUT2D eigenvalue weighted by Gasteiger charge is 2.19. The predicted molar refractivity (Wildman–Crippen MR) is 76.1 cm³/mol. The molecule has 4 nitrogen and oxygen atoms in total. The van der Waals surface area contributed by atoms with Gasteiger partial charge in [-0.05, 0) is 36.5 Å². The normalized spacial score (nSPS) is 14.1. The largest absolute Gasteiger partial charge is 0.466 e. The fourth-order valence-electron chi connectivity index (χ4n) is 2.26. The second kappa shape index (κ2) is 7.17. The Morgan fingerprint density at radius 1 is 1.30 bits per heavy atom. The predicted octanol–water partition coefficient (Wildman–Crippen LogP) is 3.64. The summed E-state index contributed by atoms with van der Waals surface area (Å²) in [7, 11) is 0. The van der Waals surface area contributed by atoms with E-state index in [2.05, 4.69) is 13.8 Å². The maximum Gasteiger partial charge on any atom is 0.306 e. The van der Waals surface area contributed by atoms with Crippen LogP contribution >= 0.6 is 0 Å². The van der Waals surface area contributed by atoms with E-state index in [0.29, 0.717) is 13.0 Å². The molecule has 20 heavy (non-hydrogen) atoms. The van der Waals surface area contributed by atoms with E-state index in [4.69, 9.17) is 14.2 Å². The first-order chi connectivity index (χ1) is 9.74. The van der Waals surface area contributed by atoms with Crippen molar-refractivity contribution in [2.75, 3.05) is 13.4 Å². The molecule has 1 aliphatic rings. The summed E-state index contributed by atoms with van der Waals surface area (Å²) in [6.07, 6.45) is 3.27. The van der Waals surface area contributed by atoms with Gasteiger partial charge in [0.2, 0.25) is 6.79 Å². The summed E-state index contributed by atoms with van der Waals surface area (Å²) in [5, 5.41) is 0. The minimum Gasteiger partial charge on any atom is -0.466 e. The molecule has 0 bridgehead atoms. The summed E-state index contributed by atoms with van der Waals surface area (Å²) < 4.78 is 15.9. The van der Waals surface area contributed by atoms with E-state index in [1.165, 1.54) is 0 Å². The Morgan fingerprint density at radius 3 is 2.85 bits per heavy atom. The summed E-state index contributed by atoms with van der Waals surface area (Å²) in [6.45, 7) is 4.95. The van der Waals surface area contributed by atoms with Gasteiger partial charge in [0.05, 0.1) is 13.0 Å². The highest BCUT2D eigenvalue weighted by atomic mass is 16.7. The number of ether oxygens (including phenoxy) is 3. The molecule has 1 unspecified atom stereocenters. The molecule has 1 atom stereocenters. The number of unbranched alkanes of at least 4 members (excludes halogenated alkanes) is 1. The quantitative estimate of drug-likeness (QED) is 0.564. The second-order valence-electron chi connectivity index (χ2n) is 5.00. The Morgan fingerprint density at radius 2 is 2.10 bits per heavy atom. The zero-order valence-corrected chi connectivity index (χ0v) is 12.2. The Bertz CT molecular complexity index is 456. The topological polar surface area (TPSA) is 44.8 Å². The monoisotopic (exact) mass is 278 g/mol. The molecule has 2 rings (SSSR count). The molecule has 1 aromatic carbocycles. The third-order valence-electron chi connectivity index (χ3n) is 3.53. The molecule has 1 heterocycles. The van der Waals surface area contributed by atoms with Gasteiger partial charge in [0, 0.05) is 0 Å². The fourth-order valence-corrected chi connectivity index (χ4v) is 2.26. The Hall–Kier alpha value is -1.71. The van der Waals surface area contributed by atoms with Crippen LogP contribution in [-0.4, -0.2) is 19.4 Å². The number of carbonyl (C=O) groups is 1. The molecule has 0 amide bonds. The molecule has 0 aromatic heterocycles.